The standard InChI is InChI=1S/C22H22N4O4/c1-12-11-26-17-6-5-14(15-4-3-7-23-10-15)8-16(17)9-22(18(26)13(2)30-12)19(27)24-21(29)25-20(22)28/h3-8,10,12-13,18H,9,11H2,1-2H3,(H2,24,25,27,28,29)/t12-,13+,18-/m1/s1. The molecule has 1 aromatic heterocycles. The number of amides is 4. The number of hydrogen-bond acceptors (Lipinski definition) is 6. The summed E-state index contributed by atoms with van der Waals surface area (Å²) < 4.78 is 6.02. The number of carbonyl (C=O) groups is 3. The number of fused-ring (bicyclic) bond motifs is 4. The quantitative estimate of drug-likeness (QED) is 0.699. The summed E-state index contributed by atoms with van der Waals surface area (Å²) in [6, 6.07) is 8.60. The van der Waals surface area contributed by atoms with Crippen molar-refractivity contribution in [1.82, 2.24) is 15.6 Å². The van der Waals surface area contributed by atoms with E-state index in [-0.39, 0.29) is 18.6 Å². The molecule has 8 heteroatoms. The van der Waals surface area contributed by atoms with Gasteiger partial charge in [0.2, 0.25) is 11.8 Å². The highest BCUT2D eigenvalue weighted by Crippen LogP contribution is 2.47. The van der Waals surface area contributed by atoms with Gasteiger partial charge in [0.1, 0.15) is 0 Å². The summed E-state index contributed by atoms with van der Waals surface area (Å²) in [7, 11) is 0. The lowest BCUT2D eigenvalue weighted by Crippen LogP contribution is -2.75. The number of ether oxygens (including phenoxy) is 1. The molecular weight excluding hydrogens is 384 g/mol. The van der Waals surface area contributed by atoms with Gasteiger partial charge in [-0.2, -0.15) is 0 Å². The Morgan fingerprint density at radius 3 is 2.57 bits per heavy atom. The van der Waals surface area contributed by atoms with Crippen molar-refractivity contribution in [2.45, 2.75) is 38.5 Å². The minimum absolute atomic E-state index is 0.0615. The first-order chi connectivity index (χ1) is 14.4. The molecule has 0 saturated carbocycles. The lowest BCUT2D eigenvalue weighted by Gasteiger charge is -2.55. The van der Waals surface area contributed by atoms with Crippen molar-refractivity contribution < 1.29 is 19.1 Å². The zero-order valence-corrected chi connectivity index (χ0v) is 16.7. The summed E-state index contributed by atoms with van der Waals surface area (Å²) >= 11 is 0. The van der Waals surface area contributed by atoms with Crippen LogP contribution in [0.15, 0.2) is 42.7 Å². The van der Waals surface area contributed by atoms with Gasteiger partial charge in [-0.05, 0) is 55.2 Å². The topological polar surface area (TPSA) is 101 Å². The Hall–Kier alpha value is -3.26. The van der Waals surface area contributed by atoms with Crippen LogP contribution in [0.25, 0.3) is 11.1 Å². The fourth-order valence-corrected chi connectivity index (χ4v) is 5.16. The minimum Gasteiger partial charge on any atom is -0.372 e. The van der Waals surface area contributed by atoms with Crippen molar-refractivity contribution in [1.29, 1.82) is 0 Å². The van der Waals surface area contributed by atoms with Gasteiger partial charge >= 0.3 is 6.03 Å². The molecule has 2 aromatic rings. The second-order valence-electron chi connectivity index (χ2n) is 8.22. The largest absolute Gasteiger partial charge is 0.372 e. The molecule has 0 aliphatic carbocycles. The molecule has 3 atom stereocenters. The van der Waals surface area contributed by atoms with Crippen LogP contribution in [0.3, 0.4) is 0 Å². The van der Waals surface area contributed by atoms with E-state index in [1.54, 1.807) is 12.4 Å². The van der Waals surface area contributed by atoms with E-state index in [1.165, 1.54) is 0 Å². The number of benzene rings is 1. The maximum atomic E-state index is 13.2. The second kappa shape index (κ2) is 6.63. The molecular formula is C22H22N4O4. The van der Waals surface area contributed by atoms with Crippen molar-refractivity contribution in [3.05, 3.63) is 48.3 Å². The summed E-state index contributed by atoms with van der Waals surface area (Å²) in [5.74, 6) is -1.15. The zero-order valence-electron chi connectivity index (χ0n) is 16.7. The predicted octanol–water partition coefficient (Wildman–Crippen LogP) is 1.64. The molecule has 0 bridgehead atoms. The molecule has 8 nitrogen and oxygen atoms in total. The maximum absolute atomic E-state index is 13.2. The average Bonchev–Trinajstić information content (AvgIpc) is 2.71. The van der Waals surface area contributed by atoms with Gasteiger partial charge in [-0.3, -0.25) is 25.2 Å². The Kier molecular flexibility index (Phi) is 4.14. The van der Waals surface area contributed by atoms with Crippen LogP contribution < -0.4 is 15.5 Å². The van der Waals surface area contributed by atoms with Gasteiger partial charge in [-0.15, -0.1) is 0 Å². The Bertz CT molecular complexity index is 1030. The molecule has 3 aliphatic heterocycles. The van der Waals surface area contributed by atoms with Gasteiger partial charge in [0.15, 0.2) is 5.41 Å². The van der Waals surface area contributed by atoms with E-state index in [0.717, 1.165) is 22.4 Å². The molecule has 0 unspecified atom stereocenters. The Morgan fingerprint density at radius 2 is 1.87 bits per heavy atom. The highest BCUT2D eigenvalue weighted by Gasteiger charge is 2.62. The summed E-state index contributed by atoms with van der Waals surface area (Å²) in [6.07, 6.45) is 3.25. The van der Waals surface area contributed by atoms with Gasteiger partial charge in [-0.25, -0.2) is 4.79 Å². The molecule has 2 fully saturated rings. The van der Waals surface area contributed by atoms with Crippen LogP contribution >= 0.6 is 0 Å². The molecule has 1 spiro atoms. The third-order valence-electron chi connectivity index (χ3n) is 6.30. The van der Waals surface area contributed by atoms with Crippen LogP contribution in [0.1, 0.15) is 19.4 Å². The summed E-state index contributed by atoms with van der Waals surface area (Å²) in [6.45, 7) is 4.40. The molecule has 30 heavy (non-hydrogen) atoms. The third kappa shape index (κ3) is 2.64. The second-order valence-corrected chi connectivity index (χ2v) is 8.22. The first-order valence-corrected chi connectivity index (χ1v) is 10.0. The fourth-order valence-electron chi connectivity index (χ4n) is 5.16. The molecule has 2 N–H and O–H groups in total. The lowest BCUT2D eigenvalue weighted by molar-refractivity contribution is -0.153. The molecule has 0 radical (unpaired) electrons. The number of morpholine rings is 1. The highest BCUT2D eigenvalue weighted by atomic mass is 16.5. The molecule has 4 heterocycles. The summed E-state index contributed by atoms with van der Waals surface area (Å²) in [5, 5.41) is 4.62. The number of urea groups is 1. The van der Waals surface area contributed by atoms with Crippen LogP contribution in [-0.2, 0) is 20.7 Å². The monoisotopic (exact) mass is 406 g/mol. The minimum atomic E-state index is -1.45. The van der Waals surface area contributed by atoms with E-state index < -0.39 is 29.3 Å². The molecule has 4 amide bonds. The fraction of sp³-hybridized carbons (Fsp3) is 0.364. The lowest BCUT2D eigenvalue weighted by atomic mass is 9.66. The van der Waals surface area contributed by atoms with E-state index in [2.05, 4.69) is 20.5 Å². The van der Waals surface area contributed by atoms with Gasteiger partial charge < -0.3 is 9.64 Å². The number of rotatable bonds is 1. The van der Waals surface area contributed by atoms with Crippen molar-refractivity contribution in [3.63, 3.8) is 0 Å². The number of pyridine rings is 1. The first kappa shape index (κ1) is 18.7. The van der Waals surface area contributed by atoms with Gasteiger partial charge in [0.25, 0.3) is 0 Å². The number of nitrogens with zero attached hydrogens (tertiary/aromatic N) is 2. The number of imide groups is 2. The number of anilines is 1. The van der Waals surface area contributed by atoms with Gasteiger partial charge in [0, 0.05) is 24.6 Å². The SMILES string of the molecule is C[C@@H]1CN2c3ccc(-c4cccnc4)cc3CC3(C(=O)NC(=O)NC3=O)[C@H]2[C@H](C)O1. The van der Waals surface area contributed by atoms with Crippen LogP contribution in [0.4, 0.5) is 10.5 Å². The van der Waals surface area contributed by atoms with Crippen molar-refractivity contribution >= 4 is 23.5 Å². The average molecular weight is 406 g/mol. The Labute approximate surface area is 173 Å². The maximum Gasteiger partial charge on any atom is 0.328 e. The van der Waals surface area contributed by atoms with E-state index in [9.17, 15) is 14.4 Å². The highest BCUT2D eigenvalue weighted by molar-refractivity contribution is 6.20. The van der Waals surface area contributed by atoms with Crippen LogP contribution in [0.5, 0.6) is 0 Å². The van der Waals surface area contributed by atoms with Crippen LogP contribution in [0, 0.1) is 5.41 Å². The molecule has 5 rings (SSSR count). The number of carbonyl (C=O) groups excluding carboxylic acids is 3. The summed E-state index contributed by atoms with van der Waals surface area (Å²) in [4.78, 5) is 44.4. The molecule has 1 aromatic carbocycles. The van der Waals surface area contributed by atoms with Crippen LogP contribution in [0.2, 0.25) is 0 Å². The van der Waals surface area contributed by atoms with E-state index in [0.29, 0.717) is 6.54 Å². The predicted molar refractivity (Wildman–Crippen MR) is 109 cm³/mol. The normalized spacial score (nSPS) is 27.2. The van der Waals surface area contributed by atoms with Crippen LogP contribution in [-0.4, -0.2) is 47.6 Å². The third-order valence-corrected chi connectivity index (χ3v) is 6.30. The number of barbiturate groups is 1. The smallest absolute Gasteiger partial charge is 0.328 e. The number of aromatic nitrogens is 1. The van der Waals surface area contributed by atoms with E-state index >= 15 is 0 Å². The zero-order chi connectivity index (χ0) is 21.0. The Morgan fingerprint density at radius 1 is 1.10 bits per heavy atom. The van der Waals surface area contributed by atoms with E-state index in [4.69, 9.17) is 4.74 Å². The molecule has 3 aliphatic rings. The number of nitrogens with one attached hydrogen (secondary N) is 2. The van der Waals surface area contributed by atoms with Crippen molar-refractivity contribution in [3.8, 4) is 11.1 Å². The number of hydrogen-bond donors (Lipinski definition) is 2. The van der Waals surface area contributed by atoms with Crippen molar-refractivity contribution in [2.24, 2.45) is 5.41 Å². The molecule has 2 saturated heterocycles. The molecule has 154 valence electrons. The summed E-state index contributed by atoms with van der Waals surface area (Å²) in [5.41, 5.74) is 2.32. The van der Waals surface area contributed by atoms with Gasteiger partial charge in [0.05, 0.1) is 18.2 Å². The van der Waals surface area contributed by atoms with Gasteiger partial charge in [-0.1, -0.05) is 12.1 Å². The Balaban J connectivity index is 1.68. The van der Waals surface area contributed by atoms with Crippen molar-refractivity contribution in [2.75, 3.05) is 11.4 Å². The van der Waals surface area contributed by atoms with E-state index in [1.807, 2.05) is 44.2 Å². The first-order valence-electron chi connectivity index (χ1n) is 10.0.